The molecule has 9 heteroatoms. The first-order valence-corrected chi connectivity index (χ1v) is 9.26. The lowest BCUT2D eigenvalue weighted by atomic mass is 10.1. The number of aromatic carboxylic acids is 1. The number of halogens is 4. The van der Waals surface area contributed by atoms with Gasteiger partial charge < -0.3 is 15.2 Å². The number of methoxy groups -OCH3 is 1. The molecule has 2 atom stereocenters. The maximum atomic E-state index is 13.4. The quantitative estimate of drug-likeness (QED) is 0.632. The van der Waals surface area contributed by atoms with Gasteiger partial charge in [0, 0.05) is 11.6 Å². The summed E-state index contributed by atoms with van der Waals surface area (Å²) in [6.07, 6.45) is 0. The zero-order valence-corrected chi connectivity index (χ0v) is 17.0. The summed E-state index contributed by atoms with van der Waals surface area (Å²) in [5.74, 6) is -3.45. The Kier molecular flexibility index (Phi) is 5.49. The van der Waals surface area contributed by atoms with Crippen molar-refractivity contribution in [2.75, 3.05) is 12.4 Å². The molecule has 0 bridgehead atoms. The number of rotatable bonds is 5. The average Bonchev–Trinajstić information content (AvgIpc) is 3.19. The summed E-state index contributed by atoms with van der Waals surface area (Å²) >= 11 is 18.4. The van der Waals surface area contributed by atoms with E-state index in [1.54, 1.807) is 13.0 Å². The maximum absolute atomic E-state index is 13.4. The van der Waals surface area contributed by atoms with Crippen LogP contribution >= 0.6 is 34.8 Å². The normalized spacial score (nSPS) is 19.8. The van der Waals surface area contributed by atoms with Crippen molar-refractivity contribution in [1.82, 2.24) is 0 Å². The van der Waals surface area contributed by atoms with Crippen molar-refractivity contribution in [1.29, 1.82) is 0 Å². The number of benzene rings is 2. The van der Waals surface area contributed by atoms with Crippen molar-refractivity contribution in [3.05, 3.63) is 57.9 Å². The number of hydrogen-bond donors (Lipinski definition) is 2. The summed E-state index contributed by atoms with van der Waals surface area (Å²) in [5, 5.41) is 11.9. The second kappa shape index (κ2) is 7.43. The molecule has 0 spiro atoms. The minimum Gasteiger partial charge on any atom is -0.496 e. The number of alkyl halides is 2. The van der Waals surface area contributed by atoms with Gasteiger partial charge in [0.15, 0.2) is 0 Å². The Labute approximate surface area is 175 Å². The van der Waals surface area contributed by atoms with Crippen molar-refractivity contribution in [2.24, 2.45) is 5.92 Å². The minimum absolute atomic E-state index is 0.0847. The first-order chi connectivity index (χ1) is 13.1. The van der Waals surface area contributed by atoms with Crippen molar-refractivity contribution < 1.29 is 23.8 Å². The zero-order valence-electron chi connectivity index (χ0n) is 14.7. The fraction of sp³-hybridized carbons (Fsp3) is 0.263. The number of carbonyl (C=O) groups is 2. The van der Waals surface area contributed by atoms with Gasteiger partial charge in [0.1, 0.15) is 21.5 Å². The SMILES string of the molecule is COc1c(C)cc(NC(=O)C2C(c3ccc(F)c(Cl)c3)C2(Cl)Cl)cc1C(=O)O. The predicted octanol–water partition coefficient (Wildman–Crippen LogP) is 5.02. The molecule has 1 fully saturated rings. The van der Waals surface area contributed by atoms with Gasteiger partial charge in [-0.25, -0.2) is 9.18 Å². The van der Waals surface area contributed by atoms with Crippen molar-refractivity contribution >= 4 is 52.4 Å². The van der Waals surface area contributed by atoms with Gasteiger partial charge >= 0.3 is 5.97 Å². The second-order valence-corrected chi connectivity index (χ2v) is 8.32. The lowest BCUT2D eigenvalue weighted by Crippen LogP contribution is -2.18. The van der Waals surface area contributed by atoms with Crippen molar-refractivity contribution in [3.63, 3.8) is 0 Å². The summed E-state index contributed by atoms with van der Waals surface area (Å²) in [5.41, 5.74) is 1.26. The van der Waals surface area contributed by atoms with Gasteiger partial charge in [-0.3, -0.25) is 4.79 Å². The standard InChI is InChI=1S/C19H15Cl3FNO4/c1-8-5-10(7-11(18(26)27)16(8)28-2)24-17(25)15-14(19(15,21)22)9-3-4-13(23)12(20)6-9/h3-7,14-15H,1-2H3,(H,24,25)(H,26,27). The van der Waals surface area contributed by atoms with E-state index in [9.17, 15) is 19.1 Å². The summed E-state index contributed by atoms with van der Waals surface area (Å²) in [4.78, 5) is 24.1. The molecule has 2 aromatic rings. The van der Waals surface area contributed by atoms with E-state index in [4.69, 9.17) is 39.5 Å². The molecule has 2 N–H and O–H groups in total. The Morgan fingerprint density at radius 3 is 2.50 bits per heavy atom. The van der Waals surface area contributed by atoms with Crippen LogP contribution in [0.2, 0.25) is 5.02 Å². The first kappa shape index (κ1) is 20.7. The lowest BCUT2D eigenvalue weighted by Gasteiger charge is -2.12. The second-order valence-electron chi connectivity index (χ2n) is 6.47. The van der Waals surface area contributed by atoms with Crippen molar-refractivity contribution in [2.45, 2.75) is 17.2 Å². The molecular formula is C19H15Cl3FNO4. The Bertz CT molecular complexity index is 980. The van der Waals surface area contributed by atoms with Crippen LogP contribution in [0.25, 0.3) is 0 Å². The highest BCUT2D eigenvalue weighted by Gasteiger charge is 2.67. The van der Waals surface area contributed by atoms with Crippen LogP contribution in [0.15, 0.2) is 30.3 Å². The predicted molar refractivity (Wildman–Crippen MR) is 105 cm³/mol. The van der Waals surface area contributed by atoms with Crippen LogP contribution < -0.4 is 10.1 Å². The molecule has 1 saturated carbocycles. The van der Waals surface area contributed by atoms with Crippen LogP contribution in [0.4, 0.5) is 10.1 Å². The van der Waals surface area contributed by atoms with Gasteiger partial charge in [-0.15, -0.1) is 23.2 Å². The van der Waals surface area contributed by atoms with Gasteiger partial charge in [0.05, 0.1) is 18.1 Å². The van der Waals surface area contributed by atoms with E-state index in [1.165, 1.54) is 31.4 Å². The number of anilines is 1. The van der Waals surface area contributed by atoms with Crippen LogP contribution in [-0.2, 0) is 4.79 Å². The molecule has 1 aliphatic carbocycles. The largest absolute Gasteiger partial charge is 0.496 e. The number of amides is 1. The molecule has 28 heavy (non-hydrogen) atoms. The molecule has 1 amide bonds. The summed E-state index contributed by atoms with van der Waals surface area (Å²) < 4.78 is 17.1. The summed E-state index contributed by atoms with van der Waals surface area (Å²) in [7, 11) is 1.37. The lowest BCUT2D eigenvalue weighted by molar-refractivity contribution is -0.117. The van der Waals surface area contributed by atoms with Gasteiger partial charge in [0.2, 0.25) is 5.91 Å². The van der Waals surface area contributed by atoms with Crippen LogP contribution in [0.3, 0.4) is 0 Å². The molecule has 0 saturated heterocycles. The van der Waals surface area contributed by atoms with Crippen molar-refractivity contribution in [3.8, 4) is 5.75 Å². The smallest absolute Gasteiger partial charge is 0.339 e. The van der Waals surface area contributed by atoms with E-state index < -0.39 is 33.9 Å². The highest BCUT2D eigenvalue weighted by molar-refractivity contribution is 6.53. The fourth-order valence-electron chi connectivity index (χ4n) is 3.27. The molecule has 1 aliphatic rings. The average molecular weight is 447 g/mol. The van der Waals surface area contributed by atoms with E-state index in [2.05, 4.69) is 5.32 Å². The van der Waals surface area contributed by atoms with E-state index in [0.29, 0.717) is 11.1 Å². The fourth-order valence-corrected chi connectivity index (χ4v) is 4.29. The third-order valence-corrected chi connectivity index (χ3v) is 5.85. The molecule has 0 heterocycles. The third-order valence-electron chi connectivity index (χ3n) is 4.62. The highest BCUT2D eigenvalue weighted by atomic mass is 35.5. The molecular weight excluding hydrogens is 432 g/mol. The number of carboxylic acid groups (broad SMARTS) is 1. The summed E-state index contributed by atoms with van der Waals surface area (Å²) in [6.45, 7) is 1.66. The maximum Gasteiger partial charge on any atom is 0.339 e. The minimum atomic E-state index is -1.39. The molecule has 2 unspecified atom stereocenters. The van der Waals surface area contributed by atoms with E-state index in [1.807, 2.05) is 0 Å². The van der Waals surface area contributed by atoms with Crippen LogP contribution in [-0.4, -0.2) is 28.4 Å². The number of carbonyl (C=O) groups excluding carboxylic acids is 1. The van der Waals surface area contributed by atoms with Crippen LogP contribution in [0, 0.1) is 18.7 Å². The zero-order chi connectivity index (χ0) is 20.8. The number of ether oxygens (including phenoxy) is 1. The Hall–Kier alpha value is -2.02. The van der Waals surface area contributed by atoms with Crippen LogP contribution in [0.5, 0.6) is 5.75 Å². The molecule has 148 valence electrons. The highest BCUT2D eigenvalue weighted by Crippen LogP contribution is 2.65. The first-order valence-electron chi connectivity index (χ1n) is 8.13. The topological polar surface area (TPSA) is 75.6 Å². The Morgan fingerprint density at radius 1 is 1.25 bits per heavy atom. The molecule has 5 nitrogen and oxygen atoms in total. The Morgan fingerprint density at radius 2 is 1.93 bits per heavy atom. The Balaban J connectivity index is 1.85. The summed E-state index contributed by atoms with van der Waals surface area (Å²) in [6, 6.07) is 6.91. The monoisotopic (exact) mass is 445 g/mol. The number of nitrogens with one attached hydrogen (secondary N) is 1. The van der Waals surface area contributed by atoms with E-state index in [-0.39, 0.29) is 22.0 Å². The van der Waals surface area contributed by atoms with Gasteiger partial charge in [-0.2, -0.15) is 0 Å². The molecule has 0 aliphatic heterocycles. The number of aryl methyl sites for hydroxylation is 1. The van der Waals surface area contributed by atoms with Gasteiger partial charge in [-0.05, 0) is 42.3 Å². The van der Waals surface area contributed by atoms with Crippen LogP contribution in [0.1, 0.15) is 27.4 Å². The number of hydrogen-bond acceptors (Lipinski definition) is 3. The van der Waals surface area contributed by atoms with Gasteiger partial charge in [-0.1, -0.05) is 17.7 Å². The molecule has 3 rings (SSSR count). The molecule has 0 radical (unpaired) electrons. The third kappa shape index (κ3) is 3.64. The molecule has 2 aromatic carbocycles. The number of carboxylic acids is 1. The van der Waals surface area contributed by atoms with E-state index in [0.717, 1.165) is 0 Å². The van der Waals surface area contributed by atoms with Gasteiger partial charge in [0.25, 0.3) is 0 Å². The molecule has 0 aromatic heterocycles. The van der Waals surface area contributed by atoms with E-state index >= 15 is 0 Å².